The van der Waals surface area contributed by atoms with Crippen LogP contribution in [0.2, 0.25) is 0 Å². The zero-order valence-electron chi connectivity index (χ0n) is 4.89. The quantitative estimate of drug-likeness (QED) is 0.578. The van der Waals surface area contributed by atoms with Crippen LogP contribution in [0.5, 0.6) is 0 Å². The summed E-state index contributed by atoms with van der Waals surface area (Å²) in [5.74, 6) is 1.30. The van der Waals surface area contributed by atoms with Crippen molar-refractivity contribution in [2.24, 2.45) is 5.73 Å². The second-order valence-electron chi connectivity index (χ2n) is 1.86. The van der Waals surface area contributed by atoms with E-state index in [-0.39, 0.29) is 0 Å². The lowest BCUT2D eigenvalue weighted by atomic mass is 10.3. The van der Waals surface area contributed by atoms with Gasteiger partial charge in [0.15, 0.2) is 0 Å². The number of hydrogen-bond donors (Lipinski definition) is 1. The zero-order chi connectivity index (χ0) is 5.82. The van der Waals surface area contributed by atoms with Gasteiger partial charge < -0.3 is 5.73 Å². The highest BCUT2D eigenvalue weighted by Crippen LogP contribution is 2.29. The Balaban J connectivity index is 2.33. The molecule has 0 unspecified atom stereocenters. The van der Waals surface area contributed by atoms with E-state index in [4.69, 9.17) is 5.73 Å². The van der Waals surface area contributed by atoms with Crippen LogP contribution in [0.25, 0.3) is 0 Å². The first-order valence-corrected chi connectivity index (χ1v) is 3.94. The number of allylic oxidation sites excluding steroid dienone is 1. The van der Waals surface area contributed by atoms with Crippen molar-refractivity contribution in [3.8, 4) is 0 Å². The summed E-state index contributed by atoms with van der Waals surface area (Å²) in [6.45, 7) is 0.711. The number of hydrogen-bond acceptors (Lipinski definition) is 2. The van der Waals surface area contributed by atoms with E-state index in [2.05, 4.69) is 6.08 Å². The number of thioether (sulfide) groups is 1. The number of rotatable bonds is 1. The molecular weight excluding hydrogens is 118 g/mol. The minimum atomic E-state index is 0.711. The molecule has 1 fully saturated rings. The van der Waals surface area contributed by atoms with E-state index in [0.717, 1.165) is 0 Å². The van der Waals surface area contributed by atoms with E-state index < -0.39 is 0 Å². The first-order chi connectivity index (χ1) is 3.93. The summed E-state index contributed by atoms with van der Waals surface area (Å²) in [6, 6.07) is 0. The fourth-order valence-electron chi connectivity index (χ4n) is 0.814. The van der Waals surface area contributed by atoms with E-state index in [0.29, 0.717) is 6.54 Å². The fraction of sp³-hybridized carbons (Fsp3) is 0.667. The Kier molecular flexibility index (Phi) is 2.43. The van der Waals surface area contributed by atoms with Gasteiger partial charge in [0.2, 0.25) is 0 Å². The maximum absolute atomic E-state index is 5.32. The lowest BCUT2D eigenvalue weighted by molar-refractivity contribution is 0.989. The highest BCUT2D eigenvalue weighted by Gasteiger charge is 2.04. The van der Waals surface area contributed by atoms with Crippen molar-refractivity contribution in [1.82, 2.24) is 0 Å². The average Bonchev–Trinajstić information content (AvgIpc) is 2.19. The van der Waals surface area contributed by atoms with E-state index in [1.807, 2.05) is 11.8 Å². The Hall–Kier alpha value is 0.0500. The molecule has 2 heteroatoms. The molecule has 0 aromatic rings. The van der Waals surface area contributed by atoms with Crippen LogP contribution in [0.4, 0.5) is 0 Å². The molecule has 1 aliphatic heterocycles. The Labute approximate surface area is 54.3 Å². The van der Waals surface area contributed by atoms with Gasteiger partial charge in [0, 0.05) is 6.54 Å². The van der Waals surface area contributed by atoms with Gasteiger partial charge in [0.1, 0.15) is 0 Å². The summed E-state index contributed by atoms with van der Waals surface area (Å²) >= 11 is 1.95. The van der Waals surface area contributed by atoms with Crippen LogP contribution < -0.4 is 5.73 Å². The van der Waals surface area contributed by atoms with Gasteiger partial charge in [0.25, 0.3) is 0 Å². The SMILES string of the molecule is NC/C=C1\CCCS1. The molecule has 0 aromatic heterocycles. The van der Waals surface area contributed by atoms with Crippen LogP contribution in [-0.4, -0.2) is 12.3 Å². The third-order valence-electron chi connectivity index (χ3n) is 1.20. The molecule has 46 valence electrons. The molecule has 0 aromatic carbocycles. The molecule has 1 rings (SSSR count). The van der Waals surface area contributed by atoms with Crippen molar-refractivity contribution >= 4 is 11.8 Å². The first kappa shape index (κ1) is 6.17. The first-order valence-electron chi connectivity index (χ1n) is 2.95. The molecule has 0 amide bonds. The van der Waals surface area contributed by atoms with Crippen molar-refractivity contribution in [3.05, 3.63) is 11.0 Å². The van der Waals surface area contributed by atoms with Crippen LogP contribution >= 0.6 is 11.8 Å². The molecule has 0 aliphatic carbocycles. The Morgan fingerprint density at radius 1 is 1.75 bits per heavy atom. The maximum atomic E-state index is 5.32. The smallest absolute Gasteiger partial charge is 0.0117 e. The molecule has 1 nitrogen and oxygen atoms in total. The largest absolute Gasteiger partial charge is 0.327 e. The molecule has 0 bridgehead atoms. The van der Waals surface area contributed by atoms with Gasteiger partial charge in [-0.3, -0.25) is 0 Å². The van der Waals surface area contributed by atoms with E-state index in [1.54, 1.807) is 0 Å². The van der Waals surface area contributed by atoms with Gasteiger partial charge >= 0.3 is 0 Å². The standard InChI is InChI=1S/C6H11NS/c7-4-3-6-2-1-5-8-6/h3H,1-2,4-5,7H2/b6-3+. The van der Waals surface area contributed by atoms with Crippen LogP contribution in [0.1, 0.15) is 12.8 Å². The van der Waals surface area contributed by atoms with Crippen molar-refractivity contribution in [2.75, 3.05) is 12.3 Å². The molecule has 0 spiro atoms. The molecule has 1 heterocycles. The van der Waals surface area contributed by atoms with Gasteiger partial charge in [-0.2, -0.15) is 0 Å². The van der Waals surface area contributed by atoms with E-state index in [9.17, 15) is 0 Å². The highest BCUT2D eigenvalue weighted by molar-refractivity contribution is 8.03. The molecule has 0 radical (unpaired) electrons. The van der Waals surface area contributed by atoms with E-state index >= 15 is 0 Å². The second kappa shape index (κ2) is 3.15. The van der Waals surface area contributed by atoms with Gasteiger partial charge in [0.05, 0.1) is 0 Å². The summed E-state index contributed by atoms with van der Waals surface area (Å²) in [6.07, 6.45) is 4.73. The second-order valence-corrected chi connectivity index (χ2v) is 3.08. The maximum Gasteiger partial charge on any atom is 0.0117 e. The topological polar surface area (TPSA) is 26.0 Å². The van der Waals surface area contributed by atoms with E-state index in [1.165, 1.54) is 23.5 Å². The fourth-order valence-corrected chi connectivity index (χ4v) is 1.87. The predicted octanol–water partition coefficient (Wildman–Crippen LogP) is 1.36. The molecule has 8 heavy (non-hydrogen) atoms. The van der Waals surface area contributed by atoms with Crippen molar-refractivity contribution < 1.29 is 0 Å². The minimum Gasteiger partial charge on any atom is -0.327 e. The summed E-state index contributed by atoms with van der Waals surface area (Å²) in [4.78, 5) is 1.49. The van der Waals surface area contributed by atoms with Crippen molar-refractivity contribution in [3.63, 3.8) is 0 Å². The van der Waals surface area contributed by atoms with Crippen LogP contribution in [0.3, 0.4) is 0 Å². The van der Waals surface area contributed by atoms with Gasteiger partial charge in [-0.1, -0.05) is 6.08 Å². The van der Waals surface area contributed by atoms with Gasteiger partial charge in [-0.25, -0.2) is 0 Å². The molecule has 1 saturated heterocycles. The normalized spacial score (nSPS) is 24.9. The summed E-state index contributed by atoms with van der Waals surface area (Å²) in [7, 11) is 0. The predicted molar refractivity (Wildman–Crippen MR) is 38.8 cm³/mol. The molecule has 2 N–H and O–H groups in total. The molecule has 1 aliphatic rings. The van der Waals surface area contributed by atoms with Gasteiger partial charge in [-0.15, -0.1) is 11.8 Å². The Morgan fingerprint density at radius 2 is 2.62 bits per heavy atom. The summed E-state index contributed by atoms with van der Waals surface area (Å²) < 4.78 is 0. The Bertz CT molecular complexity index is 90.7. The monoisotopic (exact) mass is 129 g/mol. The molecular formula is C6H11NS. The lowest BCUT2D eigenvalue weighted by Crippen LogP contribution is -1.93. The van der Waals surface area contributed by atoms with Crippen molar-refractivity contribution in [2.45, 2.75) is 12.8 Å². The minimum absolute atomic E-state index is 0.711. The summed E-state index contributed by atoms with van der Waals surface area (Å²) in [5, 5.41) is 0. The third kappa shape index (κ3) is 1.53. The van der Waals surface area contributed by atoms with Gasteiger partial charge in [-0.05, 0) is 23.5 Å². The molecule has 0 atom stereocenters. The zero-order valence-corrected chi connectivity index (χ0v) is 5.71. The van der Waals surface area contributed by atoms with Crippen LogP contribution in [0.15, 0.2) is 11.0 Å². The lowest BCUT2D eigenvalue weighted by Gasteiger charge is -1.88. The summed E-state index contributed by atoms with van der Waals surface area (Å²) in [5.41, 5.74) is 5.32. The number of nitrogens with two attached hydrogens (primary N) is 1. The Morgan fingerprint density at radius 3 is 3.12 bits per heavy atom. The third-order valence-corrected chi connectivity index (χ3v) is 2.43. The van der Waals surface area contributed by atoms with Crippen LogP contribution in [0, 0.1) is 0 Å². The average molecular weight is 129 g/mol. The van der Waals surface area contributed by atoms with Crippen LogP contribution in [-0.2, 0) is 0 Å². The highest BCUT2D eigenvalue weighted by atomic mass is 32.2. The van der Waals surface area contributed by atoms with Crippen molar-refractivity contribution in [1.29, 1.82) is 0 Å². The molecule has 0 saturated carbocycles.